The van der Waals surface area contributed by atoms with Gasteiger partial charge >= 0.3 is 6.18 Å². The molecule has 0 amide bonds. The number of rotatable bonds is 2. The van der Waals surface area contributed by atoms with E-state index in [1.54, 1.807) is 0 Å². The first-order valence-electron chi connectivity index (χ1n) is 3.78. The van der Waals surface area contributed by atoms with Crippen molar-refractivity contribution in [2.75, 3.05) is 0 Å². The molecule has 1 heterocycles. The number of hydrogen-bond donors (Lipinski definition) is 0. The predicted octanol–water partition coefficient (Wildman–Crippen LogP) is 3.61. The van der Waals surface area contributed by atoms with Crippen LogP contribution in [-0.2, 0) is 6.18 Å². The summed E-state index contributed by atoms with van der Waals surface area (Å²) in [5.74, 6) is 0. The van der Waals surface area contributed by atoms with E-state index in [-0.39, 0.29) is 6.29 Å². The van der Waals surface area contributed by atoms with Crippen molar-refractivity contribution >= 4 is 22.2 Å². The van der Waals surface area contributed by atoms with Crippen LogP contribution in [0.2, 0.25) is 0 Å². The van der Waals surface area contributed by atoms with Crippen LogP contribution in [-0.4, -0.2) is 11.3 Å². The molecule has 0 saturated carbocycles. The van der Waals surface area contributed by atoms with Gasteiger partial charge in [-0.05, 0) is 15.9 Å². The van der Waals surface area contributed by atoms with Crippen LogP contribution in [0.5, 0.6) is 0 Å². The summed E-state index contributed by atoms with van der Waals surface area (Å²) in [6.45, 7) is 0. The smallest absolute Gasteiger partial charge is 0.296 e. The summed E-state index contributed by atoms with van der Waals surface area (Å²) in [7, 11) is 0. The molecule has 0 aliphatic carbocycles. The fraction of sp³-hybridized carbons (Fsp3) is 0.250. The molecule has 0 aliphatic heterocycles. The van der Waals surface area contributed by atoms with Crippen LogP contribution in [0.3, 0.4) is 0 Å². The van der Waals surface area contributed by atoms with E-state index in [9.17, 15) is 26.7 Å². The van der Waals surface area contributed by atoms with E-state index in [2.05, 4.69) is 20.9 Å². The van der Waals surface area contributed by atoms with Crippen molar-refractivity contribution in [2.45, 2.75) is 12.6 Å². The Morgan fingerprint density at radius 2 is 1.94 bits per heavy atom. The number of hydrogen-bond acceptors (Lipinski definition) is 2. The standard InChI is InChI=1S/C8H3BrF5NO/c9-6-3(7(10)11)1-15-4(2-16)5(6)8(12,13)14/h1-2,7H. The van der Waals surface area contributed by atoms with E-state index in [4.69, 9.17) is 0 Å². The first kappa shape index (κ1) is 13.0. The Kier molecular flexibility index (Phi) is 3.61. The van der Waals surface area contributed by atoms with Crippen LogP contribution in [0.1, 0.15) is 28.0 Å². The van der Waals surface area contributed by atoms with Gasteiger partial charge in [0.1, 0.15) is 5.69 Å². The number of aromatic nitrogens is 1. The molecular formula is C8H3BrF5NO. The molecule has 16 heavy (non-hydrogen) atoms. The summed E-state index contributed by atoms with van der Waals surface area (Å²) in [4.78, 5) is 13.4. The second kappa shape index (κ2) is 4.44. The molecule has 0 fully saturated rings. The SMILES string of the molecule is O=Cc1ncc(C(F)F)c(Br)c1C(F)(F)F. The van der Waals surface area contributed by atoms with Crippen molar-refractivity contribution in [2.24, 2.45) is 0 Å². The van der Waals surface area contributed by atoms with Gasteiger partial charge in [-0.25, -0.2) is 8.78 Å². The molecule has 1 rings (SSSR count). The zero-order valence-electron chi connectivity index (χ0n) is 7.36. The molecule has 0 unspecified atom stereocenters. The van der Waals surface area contributed by atoms with E-state index in [0.29, 0.717) is 6.20 Å². The lowest BCUT2D eigenvalue weighted by Crippen LogP contribution is -2.13. The van der Waals surface area contributed by atoms with Gasteiger partial charge in [0.25, 0.3) is 6.43 Å². The molecule has 8 heteroatoms. The number of nitrogens with zero attached hydrogens (tertiary/aromatic N) is 1. The third kappa shape index (κ3) is 2.37. The molecule has 2 nitrogen and oxygen atoms in total. The number of pyridine rings is 1. The lowest BCUT2D eigenvalue weighted by molar-refractivity contribution is -0.138. The number of aldehydes is 1. The van der Waals surface area contributed by atoms with Gasteiger partial charge in [0.05, 0.1) is 11.1 Å². The third-order valence-corrected chi connectivity index (χ3v) is 2.56. The average molecular weight is 304 g/mol. The number of carbonyl (C=O) groups excluding carboxylic acids is 1. The summed E-state index contributed by atoms with van der Waals surface area (Å²) in [5.41, 5.74) is -3.32. The fourth-order valence-corrected chi connectivity index (χ4v) is 1.73. The van der Waals surface area contributed by atoms with Crippen LogP contribution in [0.4, 0.5) is 22.0 Å². The predicted molar refractivity (Wildman–Crippen MR) is 47.3 cm³/mol. The van der Waals surface area contributed by atoms with Gasteiger partial charge in [-0.3, -0.25) is 9.78 Å². The van der Waals surface area contributed by atoms with Gasteiger partial charge in [-0.2, -0.15) is 13.2 Å². The van der Waals surface area contributed by atoms with Gasteiger partial charge in [0, 0.05) is 10.7 Å². The summed E-state index contributed by atoms with van der Waals surface area (Å²) in [6, 6.07) is 0. The molecule has 0 aromatic carbocycles. The fourth-order valence-electron chi connectivity index (χ4n) is 1.03. The van der Waals surface area contributed by atoms with Crippen LogP contribution >= 0.6 is 15.9 Å². The first-order chi connectivity index (χ1) is 7.29. The van der Waals surface area contributed by atoms with Crippen LogP contribution in [0.25, 0.3) is 0 Å². The minimum atomic E-state index is -4.92. The second-order valence-electron chi connectivity index (χ2n) is 2.70. The van der Waals surface area contributed by atoms with Crippen molar-refractivity contribution in [3.05, 3.63) is 27.5 Å². The number of halogens is 6. The van der Waals surface area contributed by atoms with Gasteiger partial charge in [0.2, 0.25) is 0 Å². The van der Waals surface area contributed by atoms with Gasteiger partial charge < -0.3 is 0 Å². The molecule has 0 bridgehead atoms. The molecule has 1 aromatic heterocycles. The zero-order valence-corrected chi connectivity index (χ0v) is 8.94. The van der Waals surface area contributed by atoms with E-state index in [1.165, 1.54) is 0 Å². The molecule has 1 aromatic rings. The van der Waals surface area contributed by atoms with E-state index >= 15 is 0 Å². The molecule has 0 radical (unpaired) electrons. The summed E-state index contributed by atoms with van der Waals surface area (Å²) in [6.07, 6.45) is -7.63. The number of alkyl halides is 5. The molecular weight excluding hydrogens is 301 g/mol. The maximum Gasteiger partial charge on any atom is 0.419 e. The van der Waals surface area contributed by atoms with Gasteiger partial charge in [-0.1, -0.05) is 0 Å². The van der Waals surface area contributed by atoms with Crippen molar-refractivity contribution in [3.8, 4) is 0 Å². The minimum absolute atomic E-state index is 0.136. The molecule has 0 aliphatic rings. The summed E-state index contributed by atoms with van der Waals surface area (Å²) >= 11 is 2.41. The van der Waals surface area contributed by atoms with Crippen LogP contribution in [0.15, 0.2) is 10.7 Å². The highest BCUT2D eigenvalue weighted by molar-refractivity contribution is 9.10. The molecule has 88 valence electrons. The first-order valence-corrected chi connectivity index (χ1v) is 4.57. The largest absolute Gasteiger partial charge is 0.419 e. The Hall–Kier alpha value is -1.05. The normalized spacial score (nSPS) is 11.9. The lowest BCUT2D eigenvalue weighted by Gasteiger charge is -2.13. The highest BCUT2D eigenvalue weighted by atomic mass is 79.9. The monoisotopic (exact) mass is 303 g/mol. The molecule has 0 N–H and O–H groups in total. The molecule has 0 spiro atoms. The van der Waals surface area contributed by atoms with Gasteiger partial charge in [-0.15, -0.1) is 0 Å². The van der Waals surface area contributed by atoms with E-state index in [1.807, 2.05) is 0 Å². The van der Waals surface area contributed by atoms with Gasteiger partial charge in [0.15, 0.2) is 6.29 Å². The quantitative estimate of drug-likeness (QED) is 0.617. The highest BCUT2D eigenvalue weighted by Crippen LogP contribution is 2.40. The Balaban J connectivity index is 3.53. The van der Waals surface area contributed by atoms with Crippen molar-refractivity contribution in [3.63, 3.8) is 0 Å². The Bertz CT molecular complexity index is 418. The van der Waals surface area contributed by atoms with Crippen molar-refractivity contribution in [1.29, 1.82) is 0 Å². The van der Waals surface area contributed by atoms with Crippen LogP contribution in [0, 0.1) is 0 Å². The molecule has 0 saturated heterocycles. The number of carbonyl (C=O) groups is 1. The zero-order chi connectivity index (χ0) is 12.5. The topological polar surface area (TPSA) is 30.0 Å². The summed E-state index contributed by atoms with van der Waals surface area (Å²) in [5, 5.41) is 0. The Labute approximate surface area is 94.6 Å². The molecule has 0 atom stereocenters. The maximum atomic E-state index is 12.5. The Morgan fingerprint density at radius 3 is 2.31 bits per heavy atom. The lowest BCUT2D eigenvalue weighted by atomic mass is 10.1. The minimum Gasteiger partial charge on any atom is -0.296 e. The van der Waals surface area contributed by atoms with Crippen molar-refractivity contribution in [1.82, 2.24) is 4.98 Å². The Morgan fingerprint density at radius 1 is 1.38 bits per heavy atom. The second-order valence-corrected chi connectivity index (χ2v) is 3.50. The van der Waals surface area contributed by atoms with E-state index in [0.717, 1.165) is 0 Å². The summed E-state index contributed by atoms with van der Waals surface area (Å²) < 4.78 is 61.2. The average Bonchev–Trinajstić information content (AvgIpc) is 2.14. The third-order valence-electron chi connectivity index (χ3n) is 1.70. The highest BCUT2D eigenvalue weighted by Gasteiger charge is 2.38. The maximum absolute atomic E-state index is 12.5. The van der Waals surface area contributed by atoms with E-state index < -0.39 is 33.9 Å². The van der Waals surface area contributed by atoms with Crippen LogP contribution < -0.4 is 0 Å². The van der Waals surface area contributed by atoms with Crippen molar-refractivity contribution < 1.29 is 26.7 Å².